The number of hydrogen-bond donors (Lipinski definition) is 0. The van der Waals surface area contributed by atoms with Gasteiger partial charge in [-0.15, -0.1) is 9.60 Å². The van der Waals surface area contributed by atoms with E-state index in [9.17, 15) is 4.48 Å². The van der Waals surface area contributed by atoms with Crippen molar-refractivity contribution >= 4 is 0 Å². The summed E-state index contributed by atoms with van der Waals surface area (Å²) < 4.78 is 12.9. The molecule has 1 unspecified atom stereocenters. The molecule has 0 radical (unpaired) electrons. The molecule has 2 heteroatoms. The highest BCUT2D eigenvalue weighted by molar-refractivity contribution is 5.01. The minimum absolute atomic E-state index is 0.00579. The van der Waals surface area contributed by atoms with Gasteiger partial charge in [-0.1, -0.05) is 18.6 Å². The first-order valence-electron chi connectivity index (χ1n) is 3.79. The van der Waals surface area contributed by atoms with Crippen LogP contribution in [0.2, 0.25) is 0 Å². The summed E-state index contributed by atoms with van der Waals surface area (Å²) in [5.74, 6) is 0. The molecule has 0 N–H and O–H groups in total. The Morgan fingerprint density at radius 1 is 1.60 bits per heavy atom. The van der Waals surface area contributed by atoms with Crippen molar-refractivity contribution in [2.45, 2.75) is 32.2 Å². The monoisotopic (exact) mass is 143 g/mol. The van der Waals surface area contributed by atoms with Crippen LogP contribution in [0.4, 0.5) is 4.48 Å². The maximum absolute atomic E-state index is 12.9. The molecule has 0 aromatic rings. The van der Waals surface area contributed by atoms with Gasteiger partial charge < -0.3 is 0 Å². The third-order valence-electron chi connectivity index (χ3n) is 2.01. The molecule has 1 aliphatic rings. The highest BCUT2D eigenvalue weighted by Gasteiger charge is 2.21. The van der Waals surface area contributed by atoms with Crippen LogP contribution in [-0.4, -0.2) is 17.7 Å². The second-order valence-electron chi connectivity index (χ2n) is 2.98. The highest BCUT2D eigenvalue weighted by atomic mass is 19.2. The number of halogens is 1. The first-order chi connectivity index (χ1) is 4.72. The van der Waals surface area contributed by atoms with E-state index in [2.05, 4.69) is 6.58 Å². The van der Waals surface area contributed by atoms with Crippen LogP contribution in [0.15, 0.2) is 12.2 Å². The molecule has 1 fully saturated rings. The van der Waals surface area contributed by atoms with Crippen LogP contribution in [0.5, 0.6) is 0 Å². The summed E-state index contributed by atoms with van der Waals surface area (Å²) in [4.78, 5) is 0. The predicted octanol–water partition coefficient (Wildman–Crippen LogP) is 2.30. The lowest BCUT2D eigenvalue weighted by molar-refractivity contribution is -0.0294. The first-order valence-corrected chi connectivity index (χ1v) is 3.79. The quantitative estimate of drug-likeness (QED) is 0.402. The fourth-order valence-electron chi connectivity index (χ4n) is 1.38. The Balaban J connectivity index is 2.47. The fraction of sp³-hybridized carbons (Fsp3) is 0.750. The van der Waals surface area contributed by atoms with Gasteiger partial charge in [0.15, 0.2) is 0 Å². The molecular formula is C8H14FN. The normalized spacial score (nSPS) is 28.4. The Morgan fingerprint density at radius 3 is 2.70 bits per heavy atom. The van der Waals surface area contributed by atoms with Gasteiger partial charge in [0.2, 0.25) is 0 Å². The average Bonchev–Trinajstić information content (AvgIpc) is 1.88. The zero-order valence-corrected chi connectivity index (χ0v) is 6.44. The smallest absolute Gasteiger partial charge is 0.0606 e. The van der Waals surface area contributed by atoms with Crippen LogP contribution in [-0.2, 0) is 0 Å². The lowest BCUT2D eigenvalue weighted by atomic mass is 10.00. The van der Waals surface area contributed by atoms with E-state index in [0.29, 0.717) is 6.54 Å². The van der Waals surface area contributed by atoms with Crippen LogP contribution >= 0.6 is 0 Å². The molecule has 1 heterocycles. The molecular weight excluding hydrogens is 129 g/mol. The minimum Gasteiger partial charge on any atom is -0.139 e. The second-order valence-corrected chi connectivity index (χ2v) is 2.98. The van der Waals surface area contributed by atoms with E-state index in [4.69, 9.17) is 0 Å². The highest BCUT2D eigenvalue weighted by Crippen LogP contribution is 2.21. The van der Waals surface area contributed by atoms with Crippen molar-refractivity contribution in [1.82, 2.24) is 5.12 Å². The van der Waals surface area contributed by atoms with Crippen molar-refractivity contribution in [3.05, 3.63) is 12.2 Å². The molecule has 1 atom stereocenters. The van der Waals surface area contributed by atoms with Crippen molar-refractivity contribution in [3.8, 4) is 0 Å². The van der Waals surface area contributed by atoms with E-state index in [0.717, 1.165) is 30.0 Å². The van der Waals surface area contributed by atoms with E-state index in [-0.39, 0.29) is 6.04 Å². The summed E-state index contributed by atoms with van der Waals surface area (Å²) in [6.45, 7) is 6.22. The van der Waals surface area contributed by atoms with Crippen LogP contribution in [0.3, 0.4) is 0 Å². The molecule has 1 nitrogen and oxygen atoms in total. The van der Waals surface area contributed by atoms with E-state index in [1.54, 1.807) is 0 Å². The second kappa shape index (κ2) is 3.15. The molecule has 0 saturated carbocycles. The molecule has 0 aromatic carbocycles. The summed E-state index contributed by atoms with van der Waals surface area (Å²) in [6.07, 6.45) is 3.06. The maximum Gasteiger partial charge on any atom is 0.0606 e. The van der Waals surface area contributed by atoms with Gasteiger partial charge in [0, 0.05) is 6.54 Å². The average molecular weight is 143 g/mol. The van der Waals surface area contributed by atoms with Gasteiger partial charge in [0.05, 0.1) is 6.04 Å². The summed E-state index contributed by atoms with van der Waals surface area (Å²) in [6, 6.07) is -0.00579. The molecule has 0 amide bonds. The van der Waals surface area contributed by atoms with E-state index >= 15 is 0 Å². The van der Waals surface area contributed by atoms with Crippen molar-refractivity contribution in [2.75, 3.05) is 6.54 Å². The van der Waals surface area contributed by atoms with Gasteiger partial charge >= 0.3 is 0 Å². The molecule has 0 aliphatic carbocycles. The summed E-state index contributed by atoms with van der Waals surface area (Å²) in [5, 5.41) is 0.909. The third-order valence-corrected chi connectivity index (χ3v) is 2.01. The molecule has 1 saturated heterocycles. The molecule has 1 rings (SSSR count). The van der Waals surface area contributed by atoms with Crippen LogP contribution in [0.1, 0.15) is 26.2 Å². The van der Waals surface area contributed by atoms with Gasteiger partial charge in [0.1, 0.15) is 0 Å². The van der Waals surface area contributed by atoms with E-state index in [1.807, 2.05) is 6.92 Å². The largest absolute Gasteiger partial charge is 0.139 e. The maximum atomic E-state index is 12.9. The van der Waals surface area contributed by atoms with Gasteiger partial charge in [-0.2, -0.15) is 0 Å². The van der Waals surface area contributed by atoms with Gasteiger partial charge in [-0.3, -0.25) is 0 Å². The summed E-state index contributed by atoms with van der Waals surface area (Å²) >= 11 is 0. The lowest BCUT2D eigenvalue weighted by Gasteiger charge is -2.28. The lowest BCUT2D eigenvalue weighted by Crippen LogP contribution is -2.33. The van der Waals surface area contributed by atoms with Crippen molar-refractivity contribution in [2.24, 2.45) is 0 Å². The predicted molar refractivity (Wildman–Crippen MR) is 40.3 cm³/mol. The molecule has 0 aromatic heterocycles. The number of hydrogen-bond acceptors (Lipinski definition) is 1. The molecule has 10 heavy (non-hydrogen) atoms. The first kappa shape index (κ1) is 7.73. The topological polar surface area (TPSA) is 3.24 Å². The van der Waals surface area contributed by atoms with Crippen LogP contribution in [0.25, 0.3) is 0 Å². The SMILES string of the molecule is C=C(C)C1CCCCN1F. The zero-order valence-electron chi connectivity index (χ0n) is 6.44. The number of nitrogens with zero attached hydrogens (tertiary/aromatic N) is 1. The summed E-state index contributed by atoms with van der Waals surface area (Å²) in [7, 11) is 0. The van der Waals surface area contributed by atoms with Crippen LogP contribution in [0, 0.1) is 0 Å². The Kier molecular flexibility index (Phi) is 2.44. The van der Waals surface area contributed by atoms with Crippen molar-refractivity contribution in [1.29, 1.82) is 0 Å². The number of rotatable bonds is 1. The molecule has 58 valence electrons. The minimum atomic E-state index is -0.00579. The zero-order chi connectivity index (χ0) is 7.56. The fourth-order valence-corrected chi connectivity index (χ4v) is 1.38. The Labute approximate surface area is 61.5 Å². The van der Waals surface area contributed by atoms with Gasteiger partial charge in [-0.25, -0.2) is 0 Å². The molecule has 0 spiro atoms. The number of piperidine rings is 1. The standard InChI is InChI=1S/C8H14FN/c1-7(2)8-5-3-4-6-10(8)9/h8H,1,3-6H2,2H3. The van der Waals surface area contributed by atoms with E-state index in [1.165, 1.54) is 0 Å². The molecule has 1 aliphatic heterocycles. The Morgan fingerprint density at radius 2 is 2.30 bits per heavy atom. The Bertz CT molecular complexity index is 133. The van der Waals surface area contributed by atoms with Crippen molar-refractivity contribution < 1.29 is 4.48 Å². The Hall–Kier alpha value is -0.370. The van der Waals surface area contributed by atoms with Crippen molar-refractivity contribution in [3.63, 3.8) is 0 Å². The van der Waals surface area contributed by atoms with Gasteiger partial charge in [0.25, 0.3) is 0 Å². The van der Waals surface area contributed by atoms with Gasteiger partial charge in [-0.05, 0) is 19.8 Å². The van der Waals surface area contributed by atoms with E-state index < -0.39 is 0 Å². The van der Waals surface area contributed by atoms with Crippen LogP contribution < -0.4 is 0 Å². The third kappa shape index (κ3) is 1.57. The summed E-state index contributed by atoms with van der Waals surface area (Å²) in [5.41, 5.74) is 0.946. The molecule has 0 bridgehead atoms.